The molecule has 0 bridgehead atoms. The first-order chi connectivity index (χ1) is 13.0. The van der Waals surface area contributed by atoms with Crippen LogP contribution >= 0.6 is 0 Å². The second kappa shape index (κ2) is 7.12. The molecule has 28 heavy (non-hydrogen) atoms. The largest absolute Gasteiger partial charge is 0.393 e. The number of nitrogens with two attached hydrogens (primary N) is 1. The first-order valence-electron chi connectivity index (χ1n) is 12.2. The molecule has 0 aliphatic heterocycles. The zero-order valence-corrected chi connectivity index (χ0v) is 19.1. The maximum Gasteiger partial charge on any atom is 0.0577 e. The molecule has 0 radical (unpaired) electrons. The summed E-state index contributed by atoms with van der Waals surface area (Å²) in [4.78, 5) is 0. The molecule has 0 amide bonds. The summed E-state index contributed by atoms with van der Waals surface area (Å²) >= 11 is 0. The highest BCUT2D eigenvalue weighted by Gasteiger charge is 2.59. The fourth-order valence-corrected chi connectivity index (χ4v) is 8.42. The maximum atomic E-state index is 10.2. The maximum absolute atomic E-state index is 10.2. The van der Waals surface area contributed by atoms with Crippen LogP contribution in [0.5, 0.6) is 0 Å². The molecule has 0 aromatic carbocycles. The summed E-state index contributed by atoms with van der Waals surface area (Å²) in [6.07, 6.45) is 15.0. The SMILES string of the molecule is C[C@H](CCC(C)(C)N)[C@H]1CCC2C3CC=C4C[C@@H](O)CC[C@]4(C)C3CC[C@@]21C. The first-order valence-corrected chi connectivity index (χ1v) is 12.2. The summed E-state index contributed by atoms with van der Waals surface area (Å²) in [6, 6.07) is 0. The third-order valence-corrected chi connectivity index (χ3v) is 10.1. The molecule has 3 N–H and O–H groups in total. The fourth-order valence-electron chi connectivity index (χ4n) is 8.42. The van der Waals surface area contributed by atoms with Crippen LogP contribution in [0.1, 0.15) is 98.8 Å². The second-order valence-electron chi connectivity index (χ2n) is 12.4. The van der Waals surface area contributed by atoms with Crippen molar-refractivity contribution in [3.8, 4) is 0 Å². The van der Waals surface area contributed by atoms with E-state index < -0.39 is 0 Å². The molecule has 4 aliphatic rings. The van der Waals surface area contributed by atoms with Gasteiger partial charge in [0.25, 0.3) is 0 Å². The van der Waals surface area contributed by atoms with E-state index in [9.17, 15) is 5.11 Å². The van der Waals surface area contributed by atoms with E-state index in [2.05, 4.69) is 40.7 Å². The molecule has 2 nitrogen and oxygen atoms in total. The lowest BCUT2D eigenvalue weighted by molar-refractivity contribution is -0.0574. The van der Waals surface area contributed by atoms with Gasteiger partial charge in [0, 0.05) is 5.54 Å². The van der Waals surface area contributed by atoms with Crippen molar-refractivity contribution in [2.45, 2.75) is 110 Å². The lowest BCUT2D eigenvalue weighted by atomic mass is 9.47. The number of fused-ring (bicyclic) bond motifs is 5. The van der Waals surface area contributed by atoms with E-state index in [0.717, 1.165) is 48.9 Å². The molecule has 3 fully saturated rings. The summed E-state index contributed by atoms with van der Waals surface area (Å²) in [6.45, 7) is 12.1. The molecule has 0 aromatic rings. The Kier molecular flexibility index (Phi) is 5.32. The fraction of sp³-hybridized carbons (Fsp3) is 0.923. The Morgan fingerprint density at radius 1 is 1.14 bits per heavy atom. The number of allylic oxidation sites excluding steroid dienone is 1. The Morgan fingerprint density at radius 2 is 1.89 bits per heavy atom. The molecular formula is C26H45NO. The van der Waals surface area contributed by atoms with E-state index >= 15 is 0 Å². The van der Waals surface area contributed by atoms with Gasteiger partial charge < -0.3 is 10.8 Å². The number of aliphatic hydroxyl groups is 1. The minimum atomic E-state index is -0.0896. The highest BCUT2D eigenvalue weighted by atomic mass is 16.3. The highest BCUT2D eigenvalue weighted by molar-refractivity contribution is 5.25. The summed E-state index contributed by atoms with van der Waals surface area (Å²) in [7, 11) is 0. The summed E-state index contributed by atoms with van der Waals surface area (Å²) in [5, 5.41) is 10.2. The normalized spacial score (nSPS) is 47.0. The van der Waals surface area contributed by atoms with Gasteiger partial charge in [0.2, 0.25) is 0 Å². The van der Waals surface area contributed by atoms with Gasteiger partial charge in [0.05, 0.1) is 6.10 Å². The topological polar surface area (TPSA) is 46.2 Å². The van der Waals surface area contributed by atoms with Crippen LogP contribution in [0, 0.1) is 40.4 Å². The predicted octanol–water partition coefficient (Wildman–Crippen LogP) is 6.08. The van der Waals surface area contributed by atoms with Crippen LogP contribution in [0.25, 0.3) is 0 Å². The summed E-state index contributed by atoms with van der Waals surface area (Å²) < 4.78 is 0. The van der Waals surface area contributed by atoms with Gasteiger partial charge in [-0.15, -0.1) is 0 Å². The van der Waals surface area contributed by atoms with E-state index in [1.165, 1.54) is 44.9 Å². The number of hydrogen-bond donors (Lipinski definition) is 2. The van der Waals surface area contributed by atoms with Crippen molar-refractivity contribution in [3.63, 3.8) is 0 Å². The molecule has 0 saturated heterocycles. The zero-order valence-electron chi connectivity index (χ0n) is 19.1. The lowest BCUT2D eigenvalue weighted by Gasteiger charge is -2.58. The Bertz CT molecular complexity index is 618. The van der Waals surface area contributed by atoms with Gasteiger partial charge in [0.1, 0.15) is 0 Å². The Morgan fingerprint density at radius 3 is 2.61 bits per heavy atom. The van der Waals surface area contributed by atoms with Crippen molar-refractivity contribution in [2.75, 3.05) is 0 Å². The summed E-state index contributed by atoms with van der Waals surface area (Å²) in [5.41, 5.74) is 8.77. The molecule has 3 saturated carbocycles. The molecule has 160 valence electrons. The number of aliphatic hydroxyl groups excluding tert-OH is 1. The van der Waals surface area contributed by atoms with Crippen molar-refractivity contribution in [2.24, 2.45) is 46.2 Å². The van der Waals surface area contributed by atoms with E-state index in [0.29, 0.717) is 10.8 Å². The van der Waals surface area contributed by atoms with Crippen LogP contribution in [0.3, 0.4) is 0 Å². The Hall–Kier alpha value is -0.340. The monoisotopic (exact) mass is 387 g/mol. The average molecular weight is 388 g/mol. The van der Waals surface area contributed by atoms with Crippen molar-refractivity contribution in [1.29, 1.82) is 0 Å². The van der Waals surface area contributed by atoms with Crippen molar-refractivity contribution < 1.29 is 5.11 Å². The predicted molar refractivity (Wildman–Crippen MR) is 118 cm³/mol. The van der Waals surface area contributed by atoms with Gasteiger partial charge in [0.15, 0.2) is 0 Å². The first kappa shape index (κ1) is 20.9. The summed E-state index contributed by atoms with van der Waals surface area (Å²) in [5.74, 6) is 4.32. The van der Waals surface area contributed by atoms with E-state index in [-0.39, 0.29) is 11.6 Å². The van der Waals surface area contributed by atoms with Gasteiger partial charge in [-0.3, -0.25) is 0 Å². The van der Waals surface area contributed by atoms with Gasteiger partial charge in [-0.1, -0.05) is 32.4 Å². The second-order valence-corrected chi connectivity index (χ2v) is 12.4. The Balaban J connectivity index is 1.52. The molecule has 0 heterocycles. The molecule has 0 spiro atoms. The molecule has 4 rings (SSSR count). The molecule has 8 atom stereocenters. The Labute approximate surface area is 173 Å². The van der Waals surface area contributed by atoms with Crippen LogP contribution in [-0.2, 0) is 0 Å². The third kappa shape index (κ3) is 3.41. The van der Waals surface area contributed by atoms with Crippen LogP contribution in [0.4, 0.5) is 0 Å². The van der Waals surface area contributed by atoms with Crippen molar-refractivity contribution in [1.82, 2.24) is 0 Å². The van der Waals surface area contributed by atoms with E-state index in [4.69, 9.17) is 5.73 Å². The van der Waals surface area contributed by atoms with Crippen molar-refractivity contribution >= 4 is 0 Å². The lowest BCUT2D eigenvalue weighted by Crippen LogP contribution is -2.50. The average Bonchev–Trinajstić information content (AvgIpc) is 2.97. The minimum absolute atomic E-state index is 0.0322. The smallest absolute Gasteiger partial charge is 0.0577 e. The van der Waals surface area contributed by atoms with Gasteiger partial charge in [-0.2, -0.15) is 0 Å². The standard InChI is InChI=1S/C26H45NO/c1-17(10-13-24(2,3)27)21-8-9-22-20-7-6-18-16-19(28)11-14-25(18,4)23(20)12-15-26(21,22)5/h6,17,19-23,28H,7-16,27H2,1-5H3/t17-,19+,20?,21-,22?,23?,25+,26-/m1/s1. The van der Waals surface area contributed by atoms with E-state index in [1.807, 2.05) is 0 Å². The van der Waals surface area contributed by atoms with Crippen LogP contribution in [0.15, 0.2) is 11.6 Å². The third-order valence-electron chi connectivity index (χ3n) is 10.1. The molecular weight excluding hydrogens is 342 g/mol. The van der Waals surface area contributed by atoms with Crippen LogP contribution in [-0.4, -0.2) is 16.7 Å². The quantitative estimate of drug-likeness (QED) is 0.574. The van der Waals surface area contributed by atoms with E-state index in [1.54, 1.807) is 5.57 Å². The molecule has 0 aromatic heterocycles. The zero-order chi connectivity index (χ0) is 20.3. The van der Waals surface area contributed by atoms with Crippen molar-refractivity contribution in [3.05, 3.63) is 11.6 Å². The highest BCUT2D eigenvalue weighted by Crippen LogP contribution is 2.67. The van der Waals surface area contributed by atoms with Gasteiger partial charge in [-0.25, -0.2) is 0 Å². The van der Waals surface area contributed by atoms with Gasteiger partial charge >= 0.3 is 0 Å². The van der Waals surface area contributed by atoms with Crippen LogP contribution in [0.2, 0.25) is 0 Å². The molecule has 2 heteroatoms. The molecule has 3 unspecified atom stereocenters. The molecule has 4 aliphatic carbocycles. The minimum Gasteiger partial charge on any atom is -0.393 e. The number of rotatable bonds is 4. The van der Waals surface area contributed by atoms with Gasteiger partial charge in [-0.05, 0) is 118 Å². The number of hydrogen-bond acceptors (Lipinski definition) is 2. The van der Waals surface area contributed by atoms with Crippen LogP contribution < -0.4 is 5.73 Å².